The topological polar surface area (TPSA) is 87.3 Å². The van der Waals surface area contributed by atoms with Crippen molar-refractivity contribution < 1.29 is 14.3 Å². The molecule has 1 aliphatic carbocycles. The van der Waals surface area contributed by atoms with Crippen LogP contribution < -0.4 is 4.90 Å². The molecule has 1 aromatic carbocycles. The molecule has 0 bridgehead atoms. The maximum atomic E-state index is 13.6. The molecule has 0 radical (unpaired) electrons. The molecule has 1 aliphatic heterocycles. The van der Waals surface area contributed by atoms with Gasteiger partial charge in [0.15, 0.2) is 5.82 Å². The summed E-state index contributed by atoms with van der Waals surface area (Å²) < 4.78 is 15.0. The molecule has 5 rings (SSSR count). The minimum Gasteiger partial charge on any atom is -0.443 e. The number of methoxy groups -OCH3 is 1. The Labute approximate surface area is 226 Å². The molecular weight excluding hydrogens is 515 g/mol. The van der Waals surface area contributed by atoms with Crippen LogP contribution in [0.2, 0.25) is 10.0 Å². The SMILES string of the molecule is COCc1cc2n(n1)[C@H](c1ccc(Cl)c(Cl)c1)C(c1ncnn1C1CCC1)=C(C)N2C(=O)OC(C)(C)C. The lowest BCUT2D eigenvalue weighted by Crippen LogP contribution is -2.41. The van der Waals surface area contributed by atoms with E-state index in [1.165, 1.54) is 0 Å². The quantitative estimate of drug-likeness (QED) is 0.367. The first-order valence-electron chi connectivity index (χ1n) is 12.2. The van der Waals surface area contributed by atoms with Gasteiger partial charge >= 0.3 is 6.09 Å². The molecule has 3 aromatic rings. The number of carbonyl (C=O) groups is 1. The van der Waals surface area contributed by atoms with Crippen LogP contribution in [0.1, 0.15) is 76.1 Å². The summed E-state index contributed by atoms with van der Waals surface area (Å²) in [4.78, 5) is 19.9. The number of nitrogens with zero attached hydrogens (tertiary/aromatic N) is 6. The summed E-state index contributed by atoms with van der Waals surface area (Å²) >= 11 is 12.7. The van der Waals surface area contributed by atoms with Crippen molar-refractivity contribution >= 4 is 40.7 Å². The molecule has 0 unspecified atom stereocenters. The fourth-order valence-electron chi connectivity index (χ4n) is 4.78. The van der Waals surface area contributed by atoms with Crippen LogP contribution in [0.3, 0.4) is 0 Å². The van der Waals surface area contributed by atoms with Crippen molar-refractivity contribution in [3.8, 4) is 0 Å². The second-order valence-corrected chi connectivity index (χ2v) is 11.2. The first-order chi connectivity index (χ1) is 17.6. The van der Waals surface area contributed by atoms with Crippen LogP contribution >= 0.6 is 23.2 Å². The van der Waals surface area contributed by atoms with E-state index in [1.54, 1.807) is 29.1 Å². The molecule has 9 nitrogen and oxygen atoms in total. The van der Waals surface area contributed by atoms with Gasteiger partial charge in [-0.3, -0.25) is 0 Å². The molecule has 1 saturated carbocycles. The first-order valence-corrected chi connectivity index (χ1v) is 13.0. The number of amides is 1. The number of benzene rings is 1. The highest BCUT2D eigenvalue weighted by Gasteiger charge is 2.41. The normalized spacial score (nSPS) is 18.1. The highest BCUT2D eigenvalue weighted by atomic mass is 35.5. The molecule has 1 atom stereocenters. The number of hydrogen-bond acceptors (Lipinski definition) is 6. The van der Waals surface area contributed by atoms with E-state index in [0.717, 1.165) is 30.4 Å². The van der Waals surface area contributed by atoms with Crippen LogP contribution in [-0.4, -0.2) is 43.3 Å². The van der Waals surface area contributed by atoms with Crippen molar-refractivity contribution in [3.63, 3.8) is 0 Å². The predicted octanol–water partition coefficient (Wildman–Crippen LogP) is 6.43. The number of aromatic nitrogens is 5. The van der Waals surface area contributed by atoms with Crippen LogP contribution in [0.15, 0.2) is 36.3 Å². The average molecular weight is 545 g/mol. The zero-order valence-electron chi connectivity index (χ0n) is 21.5. The van der Waals surface area contributed by atoms with Crippen molar-refractivity contribution in [2.24, 2.45) is 0 Å². The maximum Gasteiger partial charge on any atom is 0.420 e. The van der Waals surface area contributed by atoms with Crippen molar-refractivity contribution in [1.82, 2.24) is 24.5 Å². The van der Waals surface area contributed by atoms with Crippen LogP contribution in [-0.2, 0) is 16.1 Å². The standard InChI is InChI=1S/C26H30Cl2N6O3/c1-15-22(24-29-14-30-33(24)18-7-6-8-18)23(16-9-10-19(27)20(28)11-16)34-21(12-17(31-34)13-36-5)32(15)25(35)37-26(2,3)4/h9-12,14,18,23H,6-8,13H2,1-5H3/t23-/m1/s1. The summed E-state index contributed by atoms with van der Waals surface area (Å²) in [5, 5.41) is 10.3. The highest BCUT2D eigenvalue weighted by Crippen LogP contribution is 2.46. The minimum atomic E-state index is -0.690. The van der Waals surface area contributed by atoms with Crippen molar-refractivity contribution in [2.75, 3.05) is 12.0 Å². The monoisotopic (exact) mass is 544 g/mol. The third-order valence-electron chi connectivity index (χ3n) is 6.60. The molecule has 2 aliphatic rings. The molecular formula is C26H30Cl2N6O3. The molecule has 196 valence electrons. The maximum absolute atomic E-state index is 13.6. The Morgan fingerprint density at radius 2 is 1.89 bits per heavy atom. The molecule has 3 heterocycles. The molecule has 0 N–H and O–H groups in total. The Hall–Kier alpha value is -2.88. The number of fused-ring (bicyclic) bond motifs is 1. The molecule has 11 heteroatoms. The number of halogens is 2. The molecule has 37 heavy (non-hydrogen) atoms. The van der Waals surface area contributed by atoms with Gasteiger partial charge in [-0.2, -0.15) is 10.2 Å². The summed E-state index contributed by atoms with van der Waals surface area (Å²) in [7, 11) is 1.61. The van der Waals surface area contributed by atoms with Crippen molar-refractivity contribution in [2.45, 2.75) is 71.2 Å². The second-order valence-electron chi connectivity index (χ2n) is 10.4. The van der Waals surface area contributed by atoms with Crippen LogP contribution in [0.25, 0.3) is 5.57 Å². The Morgan fingerprint density at radius 1 is 1.14 bits per heavy atom. The van der Waals surface area contributed by atoms with Crippen molar-refractivity contribution in [3.05, 3.63) is 63.4 Å². The van der Waals surface area contributed by atoms with E-state index in [-0.39, 0.29) is 12.6 Å². The lowest BCUT2D eigenvalue weighted by atomic mass is 9.91. The van der Waals surface area contributed by atoms with E-state index >= 15 is 0 Å². The molecule has 1 fully saturated rings. The number of anilines is 1. The Morgan fingerprint density at radius 3 is 2.51 bits per heavy atom. The van der Waals surface area contributed by atoms with Gasteiger partial charge in [-0.15, -0.1) is 0 Å². The van der Waals surface area contributed by atoms with Gasteiger partial charge in [0.05, 0.1) is 28.4 Å². The van der Waals surface area contributed by atoms with Crippen LogP contribution in [0.4, 0.5) is 10.6 Å². The van der Waals surface area contributed by atoms with E-state index < -0.39 is 17.7 Å². The Bertz CT molecular complexity index is 1370. The Balaban J connectivity index is 1.76. The van der Waals surface area contributed by atoms with Gasteiger partial charge in [0.25, 0.3) is 0 Å². The third kappa shape index (κ3) is 4.76. The lowest BCUT2D eigenvalue weighted by molar-refractivity contribution is 0.0588. The summed E-state index contributed by atoms with van der Waals surface area (Å²) in [6.07, 6.45) is 4.26. The third-order valence-corrected chi connectivity index (χ3v) is 7.34. The number of hydrogen-bond donors (Lipinski definition) is 0. The first kappa shape index (κ1) is 25.8. The van der Waals surface area contributed by atoms with Gasteiger partial charge < -0.3 is 9.47 Å². The smallest absolute Gasteiger partial charge is 0.420 e. The van der Waals surface area contributed by atoms with Crippen LogP contribution in [0, 0.1) is 0 Å². The largest absolute Gasteiger partial charge is 0.443 e. The number of carbonyl (C=O) groups excluding carboxylic acids is 1. The van der Waals surface area contributed by atoms with E-state index in [1.807, 2.05) is 50.6 Å². The van der Waals surface area contributed by atoms with E-state index in [0.29, 0.717) is 33.1 Å². The average Bonchev–Trinajstić information content (AvgIpc) is 3.39. The minimum absolute atomic E-state index is 0.255. The molecule has 2 aromatic heterocycles. The number of rotatable bonds is 5. The van der Waals surface area contributed by atoms with E-state index in [2.05, 4.69) is 10.1 Å². The molecule has 0 spiro atoms. The van der Waals surface area contributed by atoms with Gasteiger partial charge in [0.1, 0.15) is 23.8 Å². The van der Waals surface area contributed by atoms with Gasteiger partial charge in [-0.25, -0.2) is 24.0 Å². The predicted molar refractivity (Wildman–Crippen MR) is 142 cm³/mol. The van der Waals surface area contributed by atoms with E-state index in [9.17, 15) is 4.79 Å². The molecule has 1 amide bonds. The van der Waals surface area contributed by atoms with Gasteiger partial charge in [-0.05, 0) is 64.7 Å². The van der Waals surface area contributed by atoms with Gasteiger partial charge in [-0.1, -0.05) is 29.3 Å². The summed E-state index contributed by atoms with van der Waals surface area (Å²) in [6, 6.07) is 7.16. The summed E-state index contributed by atoms with van der Waals surface area (Å²) in [5.74, 6) is 1.25. The fraction of sp³-hybridized carbons (Fsp3) is 0.462. The summed E-state index contributed by atoms with van der Waals surface area (Å²) in [5.41, 5.74) is 2.29. The fourth-order valence-corrected chi connectivity index (χ4v) is 5.08. The highest BCUT2D eigenvalue weighted by molar-refractivity contribution is 6.42. The van der Waals surface area contributed by atoms with Crippen molar-refractivity contribution in [1.29, 1.82) is 0 Å². The van der Waals surface area contributed by atoms with Gasteiger partial charge in [0, 0.05) is 24.4 Å². The van der Waals surface area contributed by atoms with Gasteiger partial charge in [0.2, 0.25) is 0 Å². The number of allylic oxidation sites excluding steroid dienone is 2. The zero-order chi connectivity index (χ0) is 26.5. The van der Waals surface area contributed by atoms with E-state index in [4.69, 9.17) is 37.8 Å². The zero-order valence-corrected chi connectivity index (χ0v) is 23.0. The second kappa shape index (κ2) is 9.78. The summed E-state index contributed by atoms with van der Waals surface area (Å²) in [6.45, 7) is 7.70. The lowest BCUT2D eigenvalue weighted by Gasteiger charge is -2.37. The number of ether oxygens (including phenoxy) is 2. The Kier molecular flexibility index (Phi) is 6.81. The molecule has 0 saturated heterocycles. The van der Waals surface area contributed by atoms with Crippen LogP contribution in [0.5, 0.6) is 0 Å².